The van der Waals surface area contributed by atoms with Crippen LogP contribution in [0.5, 0.6) is 11.5 Å². The monoisotopic (exact) mass is 491 g/mol. The fourth-order valence-electron chi connectivity index (χ4n) is 4.14. The van der Waals surface area contributed by atoms with E-state index in [9.17, 15) is 14.7 Å². The summed E-state index contributed by atoms with van der Waals surface area (Å²) in [5.74, 6) is -0.724. The molecule has 35 heavy (non-hydrogen) atoms. The molecule has 1 N–H and O–H groups in total. The number of methoxy groups -OCH3 is 1. The van der Waals surface area contributed by atoms with E-state index in [4.69, 9.17) is 21.1 Å². The SMILES string of the molecule is COc1ccccc1C1/C(=C(\O)c2ccc(OC(C)C)cc2)C(=O)C(=O)N1c1ccc(C)c(Cl)c1. The van der Waals surface area contributed by atoms with Crippen molar-refractivity contribution in [3.05, 3.63) is 94.0 Å². The van der Waals surface area contributed by atoms with Crippen LogP contribution in [0.2, 0.25) is 5.02 Å². The molecule has 1 aliphatic heterocycles. The first kappa shape index (κ1) is 24.4. The molecular formula is C28H26ClNO5. The van der Waals surface area contributed by atoms with Crippen LogP contribution in [0.15, 0.2) is 72.3 Å². The molecule has 0 radical (unpaired) electrons. The number of halogens is 1. The minimum Gasteiger partial charge on any atom is -0.507 e. The third-order valence-electron chi connectivity index (χ3n) is 5.81. The van der Waals surface area contributed by atoms with Crippen LogP contribution in [0.25, 0.3) is 5.76 Å². The summed E-state index contributed by atoms with van der Waals surface area (Å²) in [5, 5.41) is 11.8. The van der Waals surface area contributed by atoms with Crippen molar-refractivity contribution in [3.63, 3.8) is 0 Å². The molecule has 3 aromatic rings. The molecule has 180 valence electrons. The highest BCUT2D eigenvalue weighted by atomic mass is 35.5. The van der Waals surface area contributed by atoms with Gasteiger partial charge in [-0.25, -0.2) is 0 Å². The van der Waals surface area contributed by atoms with E-state index < -0.39 is 17.7 Å². The lowest BCUT2D eigenvalue weighted by Crippen LogP contribution is -2.29. The molecule has 1 amide bonds. The van der Waals surface area contributed by atoms with E-state index in [0.717, 1.165) is 5.56 Å². The van der Waals surface area contributed by atoms with Crippen molar-refractivity contribution >= 4 is 34.7 Å². The maximum atomic E-state index is 13.3. The molecule has 0 aliphatic carbocycles. The van der Waals surface area contributed by atoms with Gasteiger partial charge in [-0.1, -0.05) is 35.9 Å². The zero-order valence-corrected chi connectivity index (χ0v) is 20.7. The first-order chi connectivity index (χ1) is 16.7. The number of Topliss-reactive ketones (excluding diaryl/α,β-unsaturated/α-hetero) is 1. The van der Waals surface area contributed by atoms with Gasteiger partial charge in [-0.2, -0.15) is 0 Å². The molecule has 0 aromatic heterocycles. The van der Waals surface area contributed by atoms with Crippen LogP contribution in [0.3, 0.4) is 0 Å². The molecule has 0 bridgehead atoms. The summed E-state index contributed by atoms with van der Waals surface area (Å²) in [7, 11) is 1.52. The standard InChI is InChI=1S/C28H26ClNO5/c1-16(2)35-20-13-10-18(11-14-20)26(31)24-25(21-7-5-6-8-23(21)34-4)30(28(33)27(24)32)19-12-9-17(3)22(29)15-19/h5-16,25,31H,1-4H3/b26-24+. The summed E-state index contributed by atoms with van der Waals surface area (Å²) < 4.78 is 11.2. The Morgan fingerprint density at radius 1 is 1.03 bits per heavy atom. The molecule has 7 heteroatoms. The molecule has 4 rings (SSSR count). The number of aryl methyl sites for hydroxylation is 1. The molecule has 1 atom stereocenters. The van der Waals surface area contributed by atoms with Crippen molar-refractivity contribution in [1.29, 1.82) is 0 Å². The van der Waals surface area contributed by atoms with Gasteiger partial charge in [-0.05, 0) is 68.8 Å². The Morgan fingerprint density at radius 2 is 1.71 bits per heavy atom. The number of aliphatic hydroxyl groups excluding tert-OH is 1. The van der Waals surface area contributed by atoms with Crippen LogP contribution >= 0.6 is 11.6 Å². The predicted octanol–water partition coefficient (Wildman–Crippen LogP) is 6.07. The minimum absolute atomic E-state index is 0.00773. The lowest BCUT2D eigenvalue weighted by atomic mass is 9.94. The van der Waals surface area contributed by atoms with Gasteiger partial charge in [0.25, 0.3) is 11.7 Å². The number of aliphatic hydroxyl groups is 1. The number of ketones is 1. The smallest absolute Gasteiger partial charge is 0.300 e. The highest BCUT2D eigenvalue weighted by Crippen LogP contribution is 2.45. The average molecular weight is 492 g/mol. The highest BCUT2D eigenvalue weighted by molar-refractivity contribution is 6.52. The summed E-state index contributed by atoms with van der Waals surface area (Å²) in [4.78, 5) is 28.0. The number of carbonyl (C=O) groups is 2. The second kappa shape index (κ2) is 9.84. The lowest BCUT2D eigenvalue weighted by Gasteiger charge is -2.27. The summed E-state index contributed by atoms with van der Waals surface area (Å²) in [6, 6.07) is 18.1. The van der Waals surface area contributed by atoms with Gasteiger partial charge in [0.1, 0.15) is 17.3 Å². The number of hydrogen-bond acceptors (Lipinski definition) is 5. The van der Waals surface area contributed by atoms with Crippen molar-refractivity contribution < 1.29 is 24.2 Å². The summed E-state index contributed by atoms with van der Waals surface area (Å²) in [5.41, 5.74) is 2.20. The van der Waals surface area contributed by atoms with Crippen molar-refractivity contribution in [2.75, 3.05) is 12.0 Å². The van der Waals surface area contributed by atoms with E-state index in [-0.39, 0.29) is 17.4 Å². The van der Waals surface area contributed by atoms with E-state index >= 15 is 0 Å². The number of hydrogen-bond donors (Lipinski definition) is 1. The number of para-hydroxylation sites is 1. The van der Waals surface area contributed by atoms with Gasteiger partial charge in [0.2, 0.25) is 0 Å². The van der Waals surface area contributed by atoms with E-state index in [0.29, 0.717) is 33.3 Å². The fourth-order valence-corrected chi connectivity index (χ4v) is 4.31. The highest BCUT2D eigenvalue weighted by Gasteiger charge is 2.48. The van der Waals surface area contributed by atoms with Crippen molar-refractivity contribution in [3.8, 4) is 11.5 Å². The van der Waals surface area contributed by atoms with Crippen LogP contribution in [0.1, 0.15) is 36.6 Å². The van der Waals surface area contributed by atoms with Crippen molar-refractivity contribution in [2.24, 2.45) is 0 Å². The zero-order valence-electron chi connectivity index (χ0n) is 19.9. The van der Waals surface area contributed by atoms with E-state index in [2.05, 4.69) is 0 Å². The molecule has 0 saturated carbocycles. The van der Waals surface area contributed by atoms with E-state index in [1.54, 1.807) is 66.7 Å². The number of benzene rings is 3. The van der Waals surface area contributed by atoms with Gasteiger partial charge in [-0.15, -0.1) is 0 Å². The first-order valence-electron chi connectivity index (χ1n) is 11.2. The predicted molar refractivity (Wildman–Crippen MR) is 136 cm³/mol. The second-order valence-corrected chi connectivity index (χ2v) is 8.94. The van der Waals surface area contributed by atoms with Gasteiger partial charge < -0.3 is 14.6 Å². The van der Waals surface area contributed by atoms with Gasteiger partial charge >= 0.3 is 0 Å². The second-order valence-electron chi connectivity index (χ2n) is 8.54. The van der Waals surface area contributed by atoms with Crippen molar-refractivity contribution in [2.45, 2.75) is 32.9 Å². The van der Waals surface area contributed by atoms with Crippen molar-refractivity contribution in [1.82, 2.24) is 0 Å². The van der Waals surface area contributed by atoms with Gasteiger partial charge in [0, 0.05) is 21.8 Å². The van der Waals surface area contributed by atoms with Gasteiger partial charge in [0.05, 0.1) is 24.8 Å². The molecule has 1 fully saturated rings. The largest absolute Gasteiger partial charge is 0.507 e. The number of nitrogens with zero attached hydrogens (tertiary/aromatic N) is 1. The van der Waals surface area contributed by atoms with Gasteiger partial charge in [-0.3, -0.25) is 14.5 Å². The number of rotatable bonds is 6. The summed E-state index contributed by atoms with van der Waals surface area (Å²) in [6.45, 7) is 5.68. The number of amides is 1. The van der Waals surface area contributed by atoms with E-state index in [1.165, 1.54) is 12.0 Å². The zero-order chi connectivity index (χ0) is 25.3. The Morgan fingerprint density at radius 3 is 2.34 bits per heavy atom. The van der Waals surface area contributed by atoms with E-state index in [1.807, 2.05) is 20.8 Å². The molecule has 1 heterocycles. The Hall–Kier alpha value is -3.77. The third kappa shape index (κ3) is 4.62. The maximum Gasteiger partial charge on any atom is 0.300 e. The quantitative estimate of drug-likeness (QED) is 0.257. The fraction of sp³-hybridized carbons (Fsp3) is 0.214. The van der Waals surface area contributed by atoms with Crippen LogP contribution in [0.4, 0.5) is 5.69 Å². The van der Waals surface area contributed by atoms with Gasteiger partial charge in [0.15, 0.2) is 0 Å². The molecule has 3 aromatic carbocycles. The normalized spacial score (nSPS) is 17.2. The first-order valence-corrected chi connectivity index (χ1v) is 11.6. The summed E-state index contributed by atoms with van der Waals surface area (Å²) >= 11 is 6.35. The molecular weight excluding hydrogens is 466 g/mol. The number of carbonyl (C=O) groups excluding carboxylic acids is 2. The topological polar surface area (TPSA) is 76.1 Å². The van der Waals surface area contributed by atoms with Crippen LogP contribution in [0, 0.1) is 6.92 Å². The average Bonchev–Trinajstić information content (AvgIpc) is 3.10. The van der Waals surface area contributed by atoms with Crippen LogP contribution in [-0.2, 0) is 9.59 Å². The Balaban J connectivity index is 1.91. The van der Waals surface area contributed by atoms with Crippen LogP contribution in [-0.4, -0.2) is 30.0 Å². The Bertz CT molecular complexity index is 1310. The molecule has 6 nitrogen and oxygen atoms in total. The molecule has 1 saturated heterocycles. The van der Waals surface area contributed by atoms with Crippen LogP contribution < -0.4 is 14.4 Å². The Kier molecular flexibility index (Phi) is 6.85. The minimum atomic E-state index is -0.920. The molecule has 0 spiro atoms. The molecule has 1 aliphatic rings. The third-order valence-corrected chi connectivity index (χ3v) is 6.22. The molecule has 1 unspecified atom stereocenters. The number of ether oxygens (including phenoxy) is 2. The summed E-state index contributed by atoms with van der Waals surface area (Å²) in [6.07, 6.45) is -0.00773. The lowest BCUT2D eigenvalue weighted by molar-refractivity contribution is -0.132. The Labute approximate surface area is 209 Å². The maximum absolute atomic E-state index is 13.3. The number of anilines is 1.